The van der Waals surface area contributed by atoms with Crippen LogP contribution in [0.15, 0.2) is 36.7 Å². The summed E-state index contributed by atoms with van der Waals surface area (Å²) >= 11 is 6.10. The van der Waals surface area contributed by atoms with Gasteiger partial charge in [-0.1, -0.05) is 11.6 Å². The summed E-state index contributed by atoms with van der Waals surface area (Å²) < 4.78 is 0. The first-order chi connectivity index (χ1) is 8.27. The van der Waals surface area contributed by atoms with E-state index in [1.165, 1.54) is 6.07 Å². The standard InChI is InChI=1S/C13H8ClN2O/c14-10-4-1-5-11(17)12(10)9-7-16-13-8(9)3-2-6-15-13/h2-7,17H,(H,15,16). The van der Waals surface area contributed by atoms with Crippen LogP contribution in [-0.4, -0.2) is 15.1 Å². The van der Waals surface area contributed by atoms with E-state index in [1.807, 2.05) is 12.1 Å². The summed E-state index contributed by atoms with van der Waals surface area (Å²) in [6.07, 6.45) is 3.50. The Balaban J connectivity index is 2.35. The van der Waals surface area contributed by atoms with Crippen molar-refractivity contribution in [1.82, 2.24) is 9.97 Å². The van der Waals surface area contributed by atoms with Crippen LogP contribution in [0.1, 0.15) is 0 Å². The lowest BCUT2D eigenvalue weighted by molar-refractivity contribution is 0.477. The molecule has 3 rings (SSSR count). The van der Waals surface area contributed by atoms with Crippen molar-refractivity contribution in [1.29, 1.82) is 0 Å². The maximum Gasteiger partial charge on any atom is 0.137 e. The maximum absolute atomic E-state index is 9.87. The number of halogens is 1. The molecule has 0 spiro atoms. The number of benzene rings is 1. The fourth-order valence-electron chi connectivity index (χ4n) is 1.89. The Morgan fingerprint density at radius 3 is 3.06 bits per heavy atom. The molecule has 0 saturated carbocycles. The molecule has 0 saturated heterocycles. The highest BCUT2D eigenvalue weighted by Gasteiger charge is 2.13. The lowest BCUT2D eigenvalue weighted by atomic mass is 10.0. The molecule has 0 atom stereocenters. The zero-order valence-electron chi connectivity index (χ0n) is 8.74. The Hall–Kier alpha value is -2.00. The number of rotatable bonds is 1. The van der Waals surface area contributed by atoms with Crippen molar-refractivity contribution in [3.63, 3.8) is 0 Å². The first-order valence-corrected chi connectivity index (χ1v) is 5.46. The summed E-state index contributed by atoms with van der Waals surface area (Å²) in [7, 11) is 0. The summed E-state index contributed by atoms with van der Waals surface area (Å²) in [5.41, 5.74) is 2.21. The van der Waals surface area contributed by atoms with Crippen molar-refractivity contribution >= 4 is 22.6 Å². The average molecular weight is 244 g/mol. The fourth-order valence-corrected chi connectivity index (χ4v) is 2.15. The molecule has 0 aliphatic rings. The van der Waals surface area contributed by atoms with E-state index < -0.39 is 0 Å². The summed E-state index contributed by atoms with van der Waals surface area (Å²) in [6.45, 7) is 0. The minimum absolute atomic E-state index is 0.113. The van der Waals surface area contributed by atoms with Gasteiger partial charge in [0.1, 0.15) is 11.4 Å². The molecule has 1 radical (unpaired) electrons. The van der Waals surface area contributed by atoms with Crippen LogP contribution in [0.2, 0.25) is 5.02 Å². The van der Waals surface area contributed by atoms with Gasteiger partial charge in [-0.15, -0.1) is 0 Å². The number of fused-ring (bicyclic) bond motifs is 1. The molecule has 0 bridgehead atoms. The topological polar surface area (TPSA) is 48.9 Å². The van der Waals surface area contributed by atoms with Crippen molar-refractivity contribution in [2.75, 3.05) is 0 Å². The molecular formula is C13H8ClN2O. The summed E-state index contributed by atoms with van der Waals surface area (Å²) in [6, 6.07) is 9.68. The summed E-state index contributed by atoms with van der Waals surface area (Å²) in [4.78, 5) is 7.25. The van der Waals surface area contributed by atoms with E-state index in [0.717, 1.165) is 16.6 Å². The Bertz CT molecular complexity index is 670. The third-order valence-electron chi connectivity index (χ3n) is 2.65. The zero-order valence-corrected chi connectivity index (χ0v) is 9.49. The molecule has 0 aliphatic carbocycles. The third-order valence-corrected chi connectivity index (χ3v) is 2.94. The van der Waals surface area contributed by atoms with Crippen LogP contribution in [0, 0.1) is 6.07 Å². The van der Waals surface area contributed by atoms with Crippen LogP contribution in [0.5, 0.6) is 5.75 Å². The van der Waals surface area contributed by atoms with E-state index in [4.69, 9.17) is 11.6 Å². The Labute approximate surface area is 103 Å². The maximum atomic E-state index is 9.87. The second-order valence-electron chi connectivity index (χ2n) is 3.67. The van der Waals surface area contributed by atoms with Gasteiger partial charge in [0.25, 0.3) is 0 Å². The molecule has 0 fully saturated rings. The number of aromatic nitrogens is 2. The fraction of sp³-hybridized carbons (Fsp3) is 0. The van der Waals surface area contributed by atoms with Crippen LogP contribution in [-0.2, 0) is 0 Å². The molecule has 17 heavy (non-hydrogen) atoms. The Kier molecular flexibility index (Phi) is 2.27. The van der Waals surface area contributed by atoms with Crippen LogP contribution in [0.4, 0.5) is 0 Å². The Morgan fingerprint density at radius 2 is 2.24 bits per heavy atom. The quantitative estimate of drug-likeness (QED) is 0.688. The van der Waals surface area contributed by atoms with Crippen molar-refractivity contribution in [2.45, 2.75) is 0 Å². The van der Waals surface area contributed by atoms with Gasteiger partial charge in [-0.2, -0.15) is 0 Å². The minimum Gasteiger partial charge on any atom is -0.507 e. The number of pyridine rings is 1. The van der Waals surface area contributed by atoms with Gasteiger partial charge in [-0.3, -0.25) is 0 Å². The number of nitrogens with zero attached hydrogens (tertiary/aromatic N) is 1. The molecule has 3 aromatic rings. The largest absolute Gasteiger partial charge is 0.507 e. The van der Waals surface area contributed by atoms with E-state index in [9.17, 15) is 5.11 Å². The predicted octanol–water partition coefficient (Wildman–Crippen LogP) is 3.39. The zero-order chi connectivity index (χ0) is 11.8. The third kappa shape index (κ3) is 1.56. The smallest absolute Gasteiger partial charge is 0.137 e. The monoisotopic (exact) mass is 243 g/mol. The number of phenols is 1. The van der Waals surface area contributed by atoms with Gasteiger partial charge in [0.05, 0.1) is 5.02 Å². The molecule has 1 aromatic carbocycles. The van der Waals surface area contributed by atoms with Crippen molar-refractivity contribution in [2.24, 2.45) is 0 Å². The van der Waals surface area contributed by atoms with Gasteiger partial charge < -0.3 is 10.1 Å². The number of hydrogen-bond donors (Lipinski definition) is 2. The minimum atomic E-state index is 0.113. The number of aromatic amines is 1. The van der Waals surface area contributed by atoms with Gasteiger partial charge >= 0.3 is 0 Å². The van der Waals surface area contributed by atoms with E-state index in [0.29, 0.717) is 10.6 Å². The first-order valence-electron chi connectivity index (χ1n) is 5.08. The van der Waals surface area contributed by atoms with Gasteiger partial charge in [0, 0.05) is 28.9 Å². The van der Waals surface area contributed by atoms with Crippen molar-refractivity contribution in [3.8, 4) is 16.9 Å². The van der Waals surface area contributed by atoms with Crippen LogP contribution in [0.3, 0.4) is 0 Å². The number of hydrogen-bond acceptors (Lipinski definition) is 2. The molecule has 0 unspecified atom stereocenters. The highest BCUT2D eigenvalue weighted by molar-refractivity contribution is 6.34. The molecule has 83 valence electrons. The van der Waals surface area contributed by atoms with Crippen LogP contribution >= 0.6 is 11.6 Å². The molecule has 0 amide bonds. The SMILES string of the molecule is Oc1c[c]cc(Cl)c1-c1c[nH]c2ncccc12. The van der Waals surface area contributed by atoms with E-state index in [1.54, 1.807) is 18.5 Å². The van der Waals surface area contributed by atoms with Crippen LogP contribution < -0.4 is 0 Å². The summed E-state index contributed by atoms with van der Waals surface area (Å²) in [5.74, 6) is 0.113. The highest BCUT2D eigenvalue weighted by atomic mass is 35.5. The normalized spacial score (nSPS) is 10.9. The molecule has 0 aliphatic heterocycles. The second-order valence-corrected chi connectivity index (χ2v) is 4.07. The van der Waals surface area contributed by atoms with Crippen molar-refractivity contribution < 1.29 is 5.11 Å². The predicted molar refractivity (Wildman–Crippen MR) is 67.0 cm³/mol. The molecular weight excluding hydrogens is 236 g/mol. The first kappa shape index (κ1) is 10.2. The van der Waals surface area contributed by atoms with E-state index in [2.05, 4.69) is 16.0 Å². The molecule has 3 nitrogen and oxygen atoms in total. The highest BCUT2D eigenvalue weighted by Crippen LogP contribution is 2.38. The average Bonchev–Trinajstić information content (AvgIpc) is 2.73. The Morgan fingerprint density at radius 1 is 1.35 bits per heavy atom. The van der Waals surface area contributed by atoms with Gasteiger partial charge in [0.2, 0.25) is 0 Å². The van der Waals surface area contributed by atoms with Crippen LogP contribution in [0.25, 0.3) is 22.2 Å². The molecule has 2 aromatic heterocycles. The van der Waals surface area contributed by atoms with Crippen molar-refractivity contribution in [3.05, 3.63) is 47.7 Å². The number of phenolic OH excluding ortho intramolecular Hbond substituents is 1. The second kappa shape index (κ2) is 3.79. The molecule has 2 N–H and O–H groups in total. The number of aromatic hydroxyl groups is 1. The number of H-pyrrole nitrogens is 1. The molecule has 4 heteroatoms. The van der Waals surface area contributed by atoms with E-state index in [-0.39, 0.29) is 5.75 Å². The van der Waals surface area contributed by atoms with Gasteiger partial charge in [0.15, 0.2) is 0 Å². The molecule has 2 heterocycles. The lowest BCUT2D eigenvalue weighted by Gasteiger charge is -2.05. The summed E-state index contributed by atoms with van der Waals surface area (Å²) in [5, 5.41) is 11.3. The lowest BCUT2D eigenvalue weighted by Crippen LogP contribution is -1.80. The van der Waals surface area contributed by atoms with Gasteiger partial charge in [-0.25, -0.2) is 4.98 Å². The number of nitrogens with one attached hydrogen (secondary N) is 1. The van der Waals surface area contributed by atoms with Gasteiger partial charge in [-0.05, 0) is 30.3 Å². The van der Waals surface area contributed by atoms with E-state index >= 15 is 0 Å².